The van der Waals surface area contributed by atoms with Crippen molar-refractivity contribution in [3.05, 3.63) is 59.7 Å². The van der Waals surface area contributed by atoms with Gasteiger partial charge in [-0.15, -0.1) is 0 Å². The fourth-order valence-corrected chi connectivity index (χ4v) is 2.40. The number of hydrogen-bond donors (Lipinski definition) is 1. The molecule has 0 aliphatic heterocycles. The zero-order valence-electron chi connectivity index (χ0n) is 16.3. The molecule has 2 aromatic rings. The van der Waals surface area contributed by atoms with Gasteiger partial charge in [0.1, 0.15) is 11.8 Å². The summed E-state index contributed by atoms with van der Waals surface area (Å²) in [5.41, 5.74) is 1.77. The number of nitrogens with zero attached hydrogens (tertiary/aromatic N) is 1. The van der Waals surface area contributed by atoms with Crippen LogP contribution < -0.4 is 19.5 Å². The molecule has 146 valence electrons. The molecule has 0 aromatic heterocycles. The number of methoxy groups -OCH3 is 1. The zero-order chi connectivity index (χ0) is 20.4. The van der Waals surface area contributed by atoms with Gasteiger partial charge in [0, 0.05) is 12.6 Å². The topological polar surface area (TPSA) is 80.6 Å². The smallest absolute Gasteiger partial charge is 0.244 e. The molecular weight excluding hydrogens is 356 g/mol. The summed E-state index contributed by atoms with van der Waals surface area (Å²) < 4.78 is 16.1. The quantitative estimate of drug-likeness (QED) is 0.671. The van der Waals surface area contributed by atoms with Crippen molar-refractivity contribution in [3.8, 4) is 23.3 Å². The molecule has 28 heavy (non-hydrogen) atoms. The SMILES string of the molecule is COc1cc(/C=C/C(=O)NCc2ccc(OC(C)C)cc2)ccc1OCC#N. The number of carbonyl (C=O) groups is 1. The second kappa shape index (κ2) is 10.6. The van der Waals surface area contributed by atoms with Crippen molar-refractivity contribution in [1.82, 2.24) is 5.32 Å². The van der Waals surface area contributed by atoms with Crippen LogP contribution in [0.3, 0.4) is 0 Å². The van der Waals surface area contributed by atoms with Gasteiger partial charge in [-0.1, -0.05) is 18.2 Å². The van der Waals surface area contributed by atoms with Crippen LogP contribution in [0.4, 0.5) is 0 Å². The minimum atomic E-state index is -0.203. The maximum absolute atomic E-state index is 12.1. The molecule has 0 saturated carbocycles. The number of ether oxygens (including phenoxy) is 3. The van der Waals surface area contributed by atoms with E-state index in [-0.39, 0.29) is 18.6 Å². The fraction of sp³-hybridized carbons (Fsp3) is 0.273. The summed E-state index contributed by atoms with van der Waals surface area (Å²) in [6.45, 7) is 4.32. The van der Waals surface area contributed by atoms with Crippen molar-refractivity contribution in [2.45, 2.75) is 26.5 Å². The first-order valence-electron chi connectivity index (χ1n) is 8.91. The van der Waals surface area contributed by atoms with Gasteiger partial charge in [-0.2, -0.15) is 5.26 Å². The molecule has 0 aliphatic carbocycles. The van der Waals surface area contributed by atoms with E-state index in [1.807, 2.05) is 44.2 Å². The van der Waals surface area contributed by atoms with E-state index in [0.29, 0.717) is 18.0 Å². The Morgan fingerprint density at radius 3 is 2.57 bits per heavy atom. The third-order valence-corrected chi connectivity index (χ3v) is 3.67. The molecule has 0 fully saturated rings. The van der Waals surface area contributed by atoms with E-state index in [9.17, 15) is 4.79 Å². The van der Waals surface area contributed by atoms with Crippen LogP contribution in [0.15, 0.2) is 48.5 Å². The standard InChI is InChI=1S/C22H24N2O4/c1-16(2)28-19-8-4-18(5-9-19)15-24-22(25)11-7-17-6-10-20(27-13-12-23)21(14-17)26-3/h4-11,14,16H,13,15H2,1-3H3,(H,24,25)/b11-7+. The molecule has 0 unspecified atom stereocenters. The number of benzene rings is 2. The predicted octanol–water partition coefficient (Wildman–Crippen LogP) is 3.71. The first kappa shape index (κ1) is 20.8. The summed E-state index contributed by atoms with van der Waals surface area (Å²) in [6.07, 6.45) is 3.27. The van der Waals surface area contributed by atoms with Gasteiger partial charge in [0.05, 0.1) is 13.2 Å². The molecule has 1 amide bonds. The van der Waals surface area contributed by atoms with E-state index in [1.54, 1.807) is 24.3 Å². The highest BCUT2D eigenvalue weighted by Crippen LogP contribution is 2.28. The number of nitrogens with one attached hydrogen (secondary N) is 1. The van der Waals surface area contributed by atoms with Crippen molar-refractivity contribution in [2.24, 2.45) is 0 Å². The number of rotatable bonds is 9. The third kappa shape index (κ3) is 6.69. The van der Waals surface area contributed by atoms with Crippen molar-refractivity contribution >= 4 is 12.0 Å². The lowest BCUT2D eigenvalue weighted by Crippen LogP contribution is -2.20. The van der Waals surface area contributed by atoms with Gasteiger partial charge in [-0.05, 0) is 55.3 Å². The minimum Gasteiger partial charge on any atom is -0.493 e. The summed E-state index contributed by atoms with van der Waals surface area (Å²) in [6, 6.07) is 14.8. The lowest BCUT2D eigenvalue weighted by atomic mass is 10.2. The van der Waals surface area contributed by atoms with Crippen LogP contribution in [0.1, 0.15) is 25.0 Å². The molecule has 6 nitrogen and oxygen atoms in total. The Morgan fingerprint density at radius 2 is 1.93 bits per heavy atom. The van der Waals surface area contributed by atoms with E-state index in [4.69, 9.17) is 19.5 Å². The van der Waals surface area contributed by atoms with E-state index in [2.05, 4.69) is 5.32 Å². The first-order chi connectivity index (χ1) is 13.5. The summed E-state index contributed by atoms with van der Waals surface area (Å²) in [5.74, 6) is 1.59. The average Bonchev–Trinajstić information content (AvgIpc) is 2.70. The highest BCUT2D eigenvalue weighted by Gasteiger charge is 2.05. The Labute approximate surface area is 165 Å². The van der Waals surface area contributed by atoms with Gasteiger partial charge in [-0.3, -0.25) is 4.79 Å². The highest BCUT2D eigenvalue weighted by molar-refractivity contribution is 5.91. The van der Waals surface area contributed by atoms with Gasteiger partial charge >= 0.3 is 0 Å². The highest BCUT2D eigenvalue weighted by atomic mass is 16.5. The van der Waals surface area contributed by atoms with E-state index >= 15 is 0 Å². The molecule has 0 aliphatic rings. The third-order valence-electron chi connectivity index (χ3n) is 3.67. The van der Waals surface area contributed by atoms with Crippen LogP contribution in [0, 0.1) is 11.3 Å². The summed E-state index contributed by atoms with van der Waals surface area (Å²) in [4.78, 5) is 12.1. The largest absolute Gasteiger partial charge is 0.493 e. The molecule has 6 heteroatoms. The molecular formula is C22H24N2O4. The van der Waals surface area contributed by atoms with Gasteiger partial charge in [0.2, 0.25) is 5.91 Å². The Balaban J connectivity index is 1.90. The molecule has 0 spiro atoms. The molecule has 0 saturated heterocycles. The Hall–Kier alpha value is -3.46. The summed E-state index contributed by atoms with van der Waals surface area (Å²) in [5, 5.41) is 11.4. The van der Waals surface area contributed by atoms with Gasteiger partial charge in [-0.25, -0.2) is 0 Å². The zero-order valence-corrected chi connectivity index (χ0v) is 16.3. The maximum Gasteiger partial charge on any atom is 0.244 e. The van der Waals surface area contributed by atoms with E-state index in [0.717, 1.165) is 16.9 Å². The lowest BCUT2D eigenvalue weighted by Gasteiger charge is -2.10. The molecule has 0 heterocycles. The molecule has 0 atom stereocenters. The van der Waals surface area contributed by atoms with Crippen molar-refractivity contribution in [3.63, 3.8) is 0 Å². The Bertz CT molecular complexity index is 852. The average molecular weight is 380 g/mol. The van der Waals surface area contributed by atoms with Gasteiger partial charge in [0.15, 0.2) is 18.1 Å². The predicted molar refractivity (Wildman–Crippen MR) is 107 cm³/mol. The second-order valence-electron chi connectivity index (χ2n) is 6.22. The van der Waals surface area contributed by atoms with Crippen LogP contribution in [0.5, 0.6) is 17.2 Å². The minimum absolute atomic E-state index is 0.0570. The second-order valence-corrected chi connectivity index (χ2v) is 6.22. The summed E-state index contributed by atoms with van der Waals surface area (Å²) in [7, 11) is 1.52. The van der Waals surface area contributed by atoms with E-state index in [1.165, 1.54) is 13.2 Å². The lowest BCUT2D eigenvalue weighted by molar-refractivity contribution is -0.116. The number of carbonyl (C=O) groups excluding carboxylic acids is 1. The Morgan fingerprint density at radius 1 is 1.18 bits per heavy atom. The molecule has 1 N–H and O–H groups in total. The van der Waals surface area contributed by atoms with Crippen molar-refractivity contribution in [2.75, 3.05) is 13.7 Å². The van der Waals surface area contributed by atoms with Crippen molar-refractivity contribution in [1.29, 1.82) is 5.26 Å². The van der Waals surface area contributed by atoms with Gasteiger partial charge < -0.3 is 19.5 Å². The van der Waals surface area contributed by atoms with Crippen molar-refractivity contribution < 1.29 is 19.0 Å². The number of nitriles is 1. The Kier molecular flexibility index (Phi) is 7.92. The summed E-state index contributed by atoms with van der Waals surface area (Å²) >= 11 is 0. The van der Waals surface area contributed by atoms with Crippen LogP contribution in [0.25, 0.3) is 6.08 Å². The monoisotopic (exact) mass is 380 g/mol. The van der Waals surface area contributed by atoms with Gasteiger partial charge in [0.25, 0.3) is 0 Å². The molecule has 0 bridgehead atoms. The molecule has 2 aromatic carbocycles. The van der Waals surface area contributed by atoms with Crippen LogP contribution in [-0.4, -0.2) is 25.7 Å². The fourth-order valence-electron chi connectivity index (χ4n) is 2.40. The van der Waals surface area contributed by atoms with E-state index < -0.39 is 0 Å². The first-order valence-corrected chi connectivity index (χ1v) is 8.91. The number of amides is 1. The van der Waals surface area contributed by atoms with Crippen LogP contribution in [-0.2, 0) is 11.3 Å². The normalized spacial score (nSPS) is 10.5. The van der Waals surface area contributed by atoms with Crippen LogP contribution in [0.2, 0.25) is 0 Å². The molecule has 0 radical (unpaired) electrons. The molecule has 2 rings (SSSR count). The maximum atomic E-state index is 12.1. The number of hydrogen-bond acceptors (Lipinski definition) is 5. The van der Waals surface area contributed by atoms with Crippen LogP contribution >= 0.6 is 0 Å².